The minimum atomic E-state index is -0.387. The van der Waals surface area contributed by atoms with E-state index in [0.29, 0.717) is 11.4 Å². The summed E-state index contributed by atoms with van der Waals surface area (Å²) in [5.74, 6) is -0.127. The topological polar surface area (TPSA) is 66.9 Å². The summed E-state index contributed by atoms with van der Waals surface area (Å²) in [6.07, 6.45) is 2.89. The van der Waals surface area contributed by atoms with Crippen LogP contribution < -0.4 is 10.6 Å². The zero-order valence-electron chi connectivity index (χ0n) is 11.9. The van der Waals surface area contributed by atoms with Gasteiger partial charge < -0.3 is 10.6 Å². The molecule has 0 aliphatic heterocycles. The van der Waals surface area contributed by atoms with Crippen LogP contribution in [0.25, 0.3) is 0 Å². The molecule has 0 saturated heterocycles. The molecule has 2 rings (SSSR count). The van der Waals surface area contributed by atoms with Crippen molar-refractivity contribution in [2.45, 2.75) is 26.4 Å². The van der Waals surface area contributed by atoms with E-state index in [2.05, 4.69) is 20.6 Å². The molecular weight excluding hydrogens is 271 g/mol. The number of nitrogens with zero attached hydrogens (tertiary/aromatic N) is 2. The predicted octanol–water partition coefficient (Wildman–Crippen LogP) is 2.37. The van der Waals surface area contributed by atoms with Crippen molar-refractivity contribution in [2.75, 3.05) is 5.32 Å². The summed E-state index contributed by atoms with van der Waals surface area (Å²) in [6.45, 7) is 4.08. The first kappa shape index (κ1) is 14.9. The van der Waals surface area contributed by atoms with Crippen molar-refractivity contribution in [1.82, 2.24) is 15.3 Å². The lowest BCUT2D eigenvalue weighted by atomic mass is 10.2. The molecule has 0 fully saturated rings. The number of anilines is 1. The van der Waals surface area contributed by atoms with Gasteiger partial charge in [0.1, 0.15) is 17.3 Å². The van der Waals surface area contributed by atoms with Crippen LogP contribution in [0.2, 0.25) is 0 Å². The maximum absolute atomic E-state index is 13.4. The first-order valence-electron chi connectivity index (χ1n) is 6.66. The van der Waals surface area contributed by atoms with Crippen LogP contribution in [0.1, 0.15) is 29.9 Å². The van der Waals surface area contributed by atoms with E-state index in [-0.39, 0.29) is 30.0 Å². The first-order chi connectivity index (χ1) is 10.1. The summed E-state index contributed by atoms with van der Waals surface area (Å²) in [6, 6.07) is 6.54. The second kappa shape index (κ2) is 6.78. The number of hydrogen-bond acceptors (Lipinski definition) is 4. The van der Waals surface area contributed by atoms with Crippen molar-refractivity contribution in [3.05, 3.63) is 53.7 Å². The fourth-order valence-electron chi connectivity index (χ4n) is 1.72. The number of nitrogens with one attached hydrogen (secondary N) is 2. The van der Waals surface area contributed by atoms with Gasteiger partial charge in [0.2, 0.25) is 0 Å². The van der Waals surface area contributed by atoms with E-state index in [1.165, 1.54) is 18.5 Å². The molecule has 1 amide bonds. The van der Waals surface area contributed by atoms with Gasteiger partial charge in [-0.3, -0.25) is 4.79 Å². The van der Waals surface area contributed by atoms with Gasteiger partial charge in [-0.1, -0.05) is 18.2 Å². The van der Waals surface area contributed by atoms with Gasteiger partial charge in [0.25, 0.3) is 5.91 Å². The van der Waals surface area contributed by atoms with Crippen molar-refractivity contribution < 1.29 is 9.18 Å². The van der Waals surface area contributed by atoms with Gasteiger partial charge in [0.05, 0.1) is 12.4 Å². The van der Waals surface area contributed by atoms with Crippen molar-refractivity contribution >= 4 is 11.7 Å². The molecule has 0 radical (unpaired) electrons. The van der Waals surface area contributed by atoms with Crippen LogP contribution in [0.4, 0.5) is 10.2 Å². The highest BCUT2D eigenvalue weighted by atomic mass is 19.1. The maximum atomic E-state index is 13.4. The summed E-state index contributed by atoms with van der Waals surface area (Å²) >= 11 is 0. The molecule has 6 heteroatoms. The molecular formula is C15H17FN4O. The number of amides is 1. The molecule has 0 spiro atoms. The van der Waals surface area contributed by atoms with Crippen LogP contribution in [0, 0.1) is 5.82 Å². The lowest BCUT2D eigenvalue weighted by Gasteiger charge is -2.09. The van der Waals surface area contributed by atoms with Crippen LogP contribution in [-0.4, -0.2) is 21.9 Å². The average molecular weight is 288 g/mol. The fourth-order valence-corrected chi connectivity index (χ4v) is 1.72. The van der Waals surface area contributed by atoms with Crippen molar-refractivity contribution in [2.24, 2.45) is 0 Å². The molecule has 0 bridgehead atoms. The van der Waals surface area contributed by atoms with Gasteiger partial charge in [-0.25, -0.2) is 14.4 Å². The highest BCUT2D eigenvalue weighted by Crippen LogP contribution is 2.06. The second-order valence-corrected chi connectivity index (χ2v) is 4.86. The molecule has 0 aliphatic carbocycles. The Balaban J connectivity index is 1.96. The van der Waals surface area contributed by atoms with Gasteiger partial charge in [-0.2, -0.15) is 0 Å². The number of benzene rings is 1. The minimum absolute atomic E-state index is 0.110. The first-order valence-corrected chi connectivity index (χ1v) is 6.66. The van der Waals surface area contributed by atoms with Gasteiger partial charge in [-0.05, 0) is 19.9 Å². The highest BCUT2D eigenvalue weighted by molar-refractivity contribution is 5.91. The van der Waals surface area contributed by atoms with Gasteiger partial charge >= 0.3 is 0 Å². The monoisotopic (exact) mass is 288 g/mol. The van der Waals surface area contributed by atoms with Crippen LogP contribution in [-0.2, 0) is 6.54 Å². The molecule has 0 saturated carbocycles. The number of carbonyl (C=O) groups excluding carboxylic acids is 1. The summed E-state index contributed by atoms with van der Waals surface area (Å²) in [4.78, 5) is 20.0. The normalized spacial score (nSPS) is 10.5. The van der Waals surface area contributed by atoms with Crippen LogP contribution in [0.5, 0.6) is 0 Å². The van der Waals surface area contributed by atoms with E-state index in [0.717, 1.165) is 0 Å². The number of rotatable bonds is 5. The van der Waals surface area contributed by atoms with Crippen molar-refractivity contribution in [3.8, 4) is 0 Å². The summed E-state index contributed by atoms with van der Waals surface area (Å²) in [7, 11) is 0. The Kier molecular flexibility index (Phi) is 4.81. The highest BCUT2D eigenvalue weighted by Gasteiger charge is 2.09. The van der Waals surface area contributed by atoms with E-state index in [9.17, 15) is 9.18 Å². The van der Waals surface area contributed by atoms with Crippen molar-refractivity contribution in [1.29, 1.82) is 0 Å². The SMILES string of the molecule is CC(C)Nc1cnc(C(=O)NCc2ccccc2F)cn1. The molecule has 110 valence electrons. The summed E-state index contributed by atoms with van der Waals surface area (Å²) in [5, 5.41) is 5.70. The fraction of sp³-hybridized carbons (Fsp3) is 0.267. The van der Waals surface area contributed by atoms with E-state index in [1.807, 2.05) is 13.8 Å². The summed E-state index contributed by atoms with van der Waals surface area (Å²) < 4.78 is 13.4. The molecule has 2 N–H and O–H groups in total. The zero-order valence-corrected chi connectivity index (χ0v) is 11.9. The number of hydrogen-bond donors (Lipinski definition) is 2. The Morgan fingerprint density at radius 3 is 2.62 bits per heavy atom. The zero-order chi connectivity index (χ0) is 15.2. The molecule has 1 heterocycles. The van der Waals surface area contributed by atoms with E-state index >= 15 is 0 Å². The Bertz CT molecular complexity index is 613. The Morgan fingerprint density at radius 2 is 2.00 bits per heavy atom. The number of aromatic nitrogens is 2. The smallest absolute Gasteiger partial charge is 0.271 e. The maximum Gasteiger partial charge on any atom is 0.271 e. The third-order valence-electron chi connectivity index (χ3n) is 2.72. The Hall–Kier alpha value is -2.50. The van der Waals surface area contributed by atoms with Crippen LogP contribution >= 0.6 is 0 Å². The van der Waals surface area contributed by atoms with Crippen molar-refractivity contribution in [3.63, 3.8) is 0 Å². The van der Waals surface area contributed by atoms with Crippen LogP contribution in [0.15, 0.2) is 36.7 Å². The molecule has 0 aliphatic rings. The molecule has 2 aromatic rings. The standard InChI is InChI=1S/C15H17FN4O/c1-10(2)20-14-9-17-13(8-18-14)15(21)19-7-11-5-3-4-6-12(11)16/h3-6,8-10H,7H2,1-2H3,(H,18,20)(H,19,21). The second-order valence-electron chi connectivity index (χ2n) is 4.86. The largest absolute Gasteiger partial charge is 0.367 e. The number of carbonyl (C=O) groups is 1. The molecule has 5 nitrogen and oxygen atoms in total. The van der Waals surface area contributed by atoms with E-state index in [4.69, 9.17) is 0 Å². The third-order valence-corrected chi connectivity index (χ3v) is 2.72. The predicted molar refractivity (Wildman–Crippen MR) is 78.4 cm³/mol. The molecule has 0 atom stereocenters. The van der Waals surface area contributed by atoms with E-state index in [1.54, 1.807) is 18.2 Å². The average Bonchev–Trinajstić information content (AvgIpc) is 2.46. The lowest BCUT2D eigenvalue weighted by molar-refractivity contribution is 0.0945. The third kappa shape index (κ3) is 4.24. The molecule has 1 aromatic carbocycles. The quantitative estimate of drug-likeness (QED) is 0.886. The van der Waals surface area contributed by atoms with Gasteiger partial charge in [0, 0.05) is 18.2 Å². The van der Waals surface area contributed by atoms with Gasteiger partial charge in [0.15, 0.2) is 0 Å². The Morgan fingerprint density at radius 1 is 1.24 bits per heavy atom. The molecule has 1 aromatic heterocycles. The molecule has 21 heavy (non-hydrogen) atoms. The van der Waals surface area contributed by atoms with E-state index < -0.39 is 0 Å². The minimum Gasteiger partial charge on any atom is -0.367 e. The lowest BCUT2D eigenvalue weighted by Crippen LogP contribution is -2.24. The van der Waals surface area contributed by atoms with Gasteiger partial charge in [-0.15, -0.1) is 0 Å². The Labute approximate surface area is 122 Å². The summed E-state index contributed by atoms with van der Waals surface area (Å²) in [5.41, 5.74) is 0.623. The molecule has 0 unspecified atom stereocenters. The number of halogens is 1. The van der Waals surface area contributed by atoms with Crippen LogP contribution in [0.3, 0.4) is 0 Å².